The van der Waals surface area contributed by atoms with Crippen LogP contribution in [0.1, 0.15) is 26.2 Å². The first-order valence-corrected chi connectivity index (χ1v) is 6.16. The normalized spacial score (nSPS) is 51.1. The molecule has 0 aromatic carbocycles. The minimum absolute atomic E-state index is 0.140. The number of carbonyl (C=O) groups is 1. The molecule has 3 rings (SSSR count). The van der Waals surface area contributed by atoms with E-state index in [0.29, 0.717) is 12.0 Å². The summed E-state index contributed by atoms with van der Waals surface area (Å²) in [4.78, 5) is 11.2. The third kappa shape index (κ3) is 1.46. The van der Waals surface area contributed by atoms with Gasteiger partial charge in [-0.3, -0.25) is 10.1 Å². The van der Waals surface area contributed by atoms with Crippen molar-refractivity contribution in [1.29, 1.82) is 0 Å². The Balaban J connectivity index is 1.81. The molecule has 5 nitrogen and oxygen atoms in total. The Hall–Kier alpha value is -0.650. The fourth-order valence-electron chi connectivity index (χ4n) is 3.73. The van der Waals surface area contributed by atoms with Crippen molar-refractivity contribution in [2.24, 2.45) is 17.8 Å². The molecule has 3 fully saturated rings. The van der Waals surface area contributed by atoms with Crippen molar-refractivity contribution in [3.8, 4) is 0 Å². The van der Waals surface area contributed by atoms with Gasteiger partial charge in [-0.25, -0.2) is 10.9 Å². The lowest BCUT2D eigenvalue weighted by atomic mass is 9.73. The first-order valence-electron chi connectivity index (χ1n) is 6.16. The molecule has 0 aromatic heterocycles. The number of nitrogens with one attached hydrogen (secondary N) is 3. The molecular weight excluding hydrogens is 206 g/mol. The van der Waals surface area contributed by atoms with E-state index in [9.17, 15) is 9.90 Å². The van der Waals surface area contributed by atoms with E-state index in [1.165, 1.54) is 12.8 Å². The molecule has 6 atom stereocenters. The minimum Gasteiger partial charge on any atom is -0.480 e. The smallest absolute Gasteiger partial charge is 0.322 e. The van der Waals surface area contributed by atoms with Gasteiger partial charge in [-0.05, 0) is 31.1 Å². The molecule has 0 aromatic rings. The molecule has 2 aliphatic heterocycles. The number of hydrogen-bond acceptors (Lipinski definition) is 4. The SMILES string of the molecule is CC1CCC2NC3NNC(C(=O)O)C3C2C1. The molecule has 0 amide bonds. The molecule has 2 saturated heterocycles. The van der Waals surface area contributed by atoms with Gasteiger partial charge >= 0.3 is 5.97 Å². The van der Waals surface area contributed by atoms with Crippen LogP contribution in [-0.2, 0) is 4.79 Å². The summed E-state index contributed by atoms with van der Waals surface area (Å²) in [5.41, 5.74) is 5.97. The van der Waals surface area contributed by atoms with Gasteiger partial charge in [0, 0.05) is 12.0 Å². The van der Waals surface area contributed by atoms with Crippen LogP contribution in [0.25, 0.3) is 0 Å². The van der Waals surface area contributed by atoms with E-state index in [1.807, 2.05) is 0 Å². The molecule has 1 saturated carbocycles. The average molecular weight is 225 g/mol. The van der Waals surface area contributed by atoms with Gasteiger partial charge in [0.1, 0.15) is 6.04 Å². The zero-order valence-electron chi connectivity index (χ0n) is 9.44. The lowest BCUT2D eigenvalue weighted by molar-refractivity contribution is -0.140. The topological polar surface area (TPSA) is 73.4 Å². The third-order valence-corrected chi connectivity index (χ3v) is 4.48. The number of rotatable bonds is 1. The minimum atomic E-state index is -0.735. The maximum absolute atomic E-state index is 11.2. The monoisotopic (exact) mass is 225 g/mol. The Kier molecular flexibility index (Phi) is 2.42. The summed E-state index contributed by atoms with van der Waals surface area (Å²) < 4.78 is 0. The maximum Gasteiger partial charge on any atom is 0.322 e. The second-order valence-electron chi connectivity index (χ2n) is 5.51. The van der Waals surface area contributed by atoms with E-state index in [-0.39, 0.29) is 12.1 Å². The number of hydrazine groups is 1. The summed E-state index contributed by atoms with van der Waals surface area (Å²) in [6.07, 6.45) is 3.75. The summed E-state index contributed by atoms with van der Waals surface area (Å²) >= 11 is 0. The van der Waals surface area contributed by atoms with E-state index in [1.54, 1.807) is 0 Å². The molecule has 16 heavy (non-hydrogen) atoms. The molecule has 0 radical (unpaired) electrons. The number of hydrogen-bond donors (Lipinski definition) is 4. The highest BCUT2D eigenvalue weighted by atomic mass is 16.4. The molecular formula is C11H19N3O2. The number of carboxylic acid groups (broad SMARTS) is 1. The quantitative estimate of drug-likeness (QED) is 0.501. The van der Waals surface area contributed by atoms with Crippen LogP contribution >= 0.6 is 0 Å². The Labute approximate surface area is 94.9 Å². The van der Waals surface area contributed by atoms with Crippen LogP contribution < -0.4 is 16.2 Å². The summed E-state index contributed by atoms with van der Waals surface area (Å²) in [5, 5.41) is 12.7. The van der Waals surface area contributed by atoms with Crippen LogP contribution in [0, 0.1) is 17.8 Å². The third-order valence-electron chi connectivity index (χ3n) is 4.48. The average Bonchev–Trinajstić information content (AvgIpc) is 2.76. The molecule has 6 unspecified atom stereocenters. The number of aliphatic carboxylic acids is 1. The van der Waals surface area contributed by atoms with Crippen molar-refractivity contribution in [1.82, 2.24) is 16.2 Å². The Bertz CT molecular complexity index is 310. The van der Waals surface area contributed by atoms with Gasteiger partial charge in [0.15, 0.2) is 0 Å². The highest BCUT2D eigenvalue weighted by molar-refractivity contribution is 5.74. The molecule has 3 aliphatic rings. The van der Waals surface area contributed by atoms with Gasteiger partial charge in [0.2, 0.25) is 0 Å². The molecule has 2 heterocycles. The van der Waals surface area contributed by atoms with E-state index in [2.05, 4.69) is 23.1 Å². The van der Waals surface area contributed by atoms with Gasteiger partial charge in [-0.2, -0.15) is 0 Å². The van der Waals surface area contributed by atoms with E-state index < -0.39 is 12.0 Å². The van der Waals surface area contributed by atoms with Crippen molar-refractivity contribution in [2.45, 2.75) is 44.4 Å². The Morgan fingerprint density at radius 1 is 1.31 bits per heavy atom. The zero-order chi connectivity index (χ0) is 11.3. The summed E-state index contributed by atoms with van der Waals surface area (Å²) in [6, 6.07) is 0.0837. The molecule has 0 spiro atoms. The van der Waals surface area contributed by atoms with Crippen LogP contribution in [0.4, 0.5) is 0 Å². The van der Waals surface area contributed by atoms with E-state index in [0.717, 1.165) is 12.3 Å². The molecule has 90 valence electrons. The van der Waals surface area contributed by atoms with E-state index in [4.69, 9.17) is 0 Å². The van der Waals surface area contributed by atoms with Gasteiger partial charge < -0.3 is 5.11 Å². The van der Waals surface area contributed by atoms with Crippen LogP contribution in [0.15, 0.2) is 0 Å². The zero-order valence-corrected chi connectivity index (χ0v) is 9.44. The van der Waals surface area contributed by atoms with Crippen molar-refractivity contribution < 1.29 is 9.90 Å². The molecule has 1 aliphatic carbocycles. The first-order chi connectivity index (χ1) is 7.66. The van der Waals surface area contributed by atoms with Crippen LogP contribution in [0.5, 0.6) is 0 Å². The molecule has 5 heteroatoms. The van der Waals surface area contributed by atoms with Gasteiger partial charge in [0.25, 0.3) is 0 Å². The molecule has 0 bridgehead atoms. The fraction of sp³-hybridized carbons (Fsp3) is 0.909. The summed E-state index contributed by atoms with van der Waals surface area (Å²) in [7, 11) is 0. The molecule has 4 N–H and O–H groups in total. The maximum atomic E-state index is 11.2. The van der Waals surface area contributed by atoms with Crippen LogP contribution in [0.3, 0.4) is 0 Å². The van der Waals surface area contributed by atoms with Crippen LogP contribution in [0.2, 0.25) is 0 Å². The van der Waals surface area contributed by atoms with Crippen molar-refractivity contribution in [3.05, 3.63) is 0 Å². The Morgan fingerprint density at radius 2 is 2.12 bits per heavy atom. The summed E-state index contributed by atoms with van der Waals surface area (Å²) in [6.45, 7) is 2.27. The predicted octanol–water partition coefficient (Wildman–Crippen LogP) is -0.102. The number of carboxylic acids is 1. The van der Waals surface area contributed by atoms with E-state index >= 15 is 0 Å². The van der Waals surface area contributed by atoms with Crippen LogP contribution in [-0.4, -0.2) is 29.3 Å². The lowest BCUT2D eigenvalue weighted by Gasteiger charge is -2.33. The summed E-state index contributed by atoms with van der Waals surface area (Å²) in [5.74, 6) is 0.708. The van der Waals surface area contributed by atoms with Crippen molar-refractivity contribution >= 4 is 5.97 Å². The van der Waals surface area contributed by atoms with Gasteiger partial charge in [0.05, 0.1) is 6.17 Å². The van der Waals surface area contributed by atoms with Crippen molar-refractivity contribution in [2.75, 3.05) is 0 Å². The predicted molar refractivity (Wildman–Crippen MR) is 58.4 cm³/mol. The first kappa shape index (κ1) is 10.5. The second-order valence-corrected chi connectivity index (χ2v) is 5.51. The fourth-order valence-corrected chi connectivity index (χ4v) is 3.73. The lowest BCUT2D eigenvalue weighted by Crippen LogP contribution is -2.46. The Morgan fingerprint density at radius 3 is 2.88 bits per heavy atom. The van der Waals surface area contributed by atoms with Gasteiger partial charge in [-0.1, -0.05) is 6.92 Å². The standard InChI is InChI=1S/C11H19N3O2/c1-5-2-3-7-6(4-5)8-9(11(15)16)13-14-10(8)12-7/h5-10,12-14H,2-4H2,1H3,(H,15,16). The van der Waals surface area contributed by atoms with Gasteiger partial charge in [-0.15, -0.1) is 0 Å². The highest BCUT2D eigenvalue weighted by Crippen LogP contribution is 2.42. The number of fused-ring (bicyclic) bond motifs is 3. The second kappa shape index (κ2) is 3.68. The largest absolute Gasteiger partial charge is 0.480 e. The van der Waals surface area contributed by atoms with Crippen molar-refractivity contribution in [3.63, 3.8) is 0 Å². The highest BCUT2D eigenvalue weighted by Gasteiger charge is 2.53.